The first kappa shape index (κ1) is 25.8. The molecular formula is C26H38N8O2. The Morgan fingerprint density at radius 2 is 1.69 bits per heavy atom. The molecule has 0 saturated carbocycles. The van der Waals surface area contributed by atoms with E-state index in [0.29, 0.717) is 49.8 Å². The van der Waals surface area contributed by atoms with Crippen molar-refractivity contribution in [3.8, 4) is 0 Å². The number of anilines is 3. The lowest BCUT2D eigenvalue weighted by atomic mass is 10.1. The summed E-state index contributed by atoms with van der Waals surface area (Å²) in [6, 6.07) is 7.47. The van der Waals surface area contributed by atoms with E-state index >= 15 is 0 Å². The van der Waals surface area contributed by atoms with Crippen LogP contribution in [0.2, 0.25) is 0 Å². The van der Waals surface area contributed by atoms with Crippen LogP contribution in [-0.4, -0.2) is 65.4 Å². The SMILES string of the molecule is N[C@H]1CCCNc2nc(ncc2C(=O)Nc2ccc(CN3CCCCC3)cc2)NCCCCNC1=O. The van der Waals surface area contributed by atoms with Gasteiger partial charge in [0.15, 0.2) is 0 Å². The Morgan fingerprint density at radius 3 is 2.47 bits per heavy atom. The van der Waals surface area contributed by atoms with E-state index in [-0.39, 0.29) is 11.8 Å². The van der Waals surface area contributed by atoms with Crippen molar-refractivity contribution < 1.29 is 9.59 Å². The number of carbonyl (C=O) groups is 2. The van der Waals surface area contributed by atoms with Gasteiger partial charge in [-0.05, 0) is 69.3 Å². The van der Waals surface area contributed by atoms with Crippen LogP contribution < -0.4 is 27.0 Å². The van der Waals surface area contributed by atoms with E-state index in [4.69, 9.17) is 5.73 Å². The van der Waals surface area contributed by atoms with Gasteiger partial charge in [0, 0.05) is 38.1 Å². The molecule has 0 radical (unpaired) electrons. The van der Waals surface area contributed by atoms with Gasteiger partial charge in [0.1, 0.15) is 11.4 Å². The highest BCUT2D eigenvalue weighted by molar-refractivity contribution is 6.07. The standard InChI is InChI=1S/C26H38N8O2/c27-22-7-6-14-28-23-21(17-31-26(33-23)30-13-3-2-12-29-25(22)36)24(35)32-20-10-8-19(9-11-20)18-34-15-4-1-5-16-34/h8-11,17,22H,1-7,12-16,18,27H2,(H,29,36)(H,32,35)(H2,28,30,31,33)/t22-/m0/s1. The summed E-state index contributed by atoms with van der Waals surface area (Å²) in [4.78, 5) is 36.6. The number of aromatic nitrogens is 2. The number of amides is 2. The van der Waals surface area contributed by atoms with Crippen LogP contribution in [0.3, 0.4) is 0 Å². The number of nitrogens with two attached hydrogens (primary N) is 1. The second-order valence-electron chi connectivity index (χ2n) is 9.54. The van der Waals surface area contributed by atoms with Gasteiger partial charge in [-0.1, -0.05) is 18.6 Å². The molecule has 10 heteroatoms. The van der Waals surface area contributed by atoms with Crippen molar-refractivity contribution in [3.05, 3.63) is 41.6 Å². The third-order valence-electron chi connectivity index (χ3n) is 6.61. The Morgan fingerprint density at radius 1 is 0.972 bits per heavy atom. The van der Waals surface area contributed by atoms with Crippen molar-refractivity contribution in [1.82, 2.24) is 20.2 Å². The van der Waals surface area contributed by atoms with E-state index in [1.165, 1.54) is 24.8 Å². The van der Waals surface area contributed by atoms with Crippen molar-refractivity contribution in [2.24, 2.45) is 5.73 Å². The summed E-state index contributed by atoms with van der Waals surface area (Å²) in [5, 5.41) is 12.3. The second kappa shape index (κ2) is 13.2. The molecule has 4 rings (SSSR count). The molecule has 1 fully saturated rings. The fourth-order valence-corrected chi connectivity index (χ4v) is 4.49. The highest BCUT2D eigenvalue weighted by Crippen LogP contribution is 2.19. The van der Waals surface area contributed by atoms with Crippen molar-refractivity contribution in [2.45, 2.75) is 57.5 Å². The number of hydrogen-bond acceptors (Lipinski definition) is 8. The molecular weight excluding hydrogens is 456 g/mol. The summed E-state index contributed by atoms with van der Waals surface area (Å²) in [6.45, 7) is 5.03. The number of benzene rings is 1. The molecule has 10 nitrogen and oxygen atoms in total. The van der Waals surface area contributed by atoms with E-state index < -0.39 is 6.04 Å². The summed E-state index contributed by atoms with van der Waals surface area (Å²) >= 11 is 0. The summed E-state index contributed by atoms with van der Waals surface area (Å²) in [6.07, 6.45) is 8.29. The van der Waals surface area contributed by atoms with E-state index in [0.717, 1.165) is 38.2 Å². The molecule has 0 aliphatic carbocycles. The predicted octanol–water partition coefficient (Wildman–Crippen LogP) is 2.56. The largest absolute Gasteiger partial charge is 0.369 e. The maximum atomic E-state index is 13.1. The first-order valence-electron chi connectivity index (χ1n) is 13.1. The minimum Gasteiger partial charge on any atom is -0.369 e. The number of carbonyl (C=O) groups excluding carboxylic acids is 2. The van der Waals surface area contributed by atoms with Gasteiger partial charge in [-0.2, -0.15) is 4.98 Å². The molecule has 36 heavy (non-hydrogen) atoms. The average molecular weight is 495 g/mol. The third-order valence-corrected chi connectivity index (χ3v) is 6.61. The van der Waals surface area contributed by atoms with E-state index in [1.807, 2.05) is 12.1 Å². The minimum absolute atomic E-state index is 0.125. The van der Waals surface area contributed by atoms with Crippen LogP contribution in [0.1, 0.15) is 60.9 Å². The normalized spacial score (nSPS) is 20.1. The van der Waals surface area contributed by atoms with E-state index in [1.54, 1.807) is 6.20 Å². The Balaban J connectivity index is 1.40. The molecule has 1 saturated heterocycles. The predicted molar refractivity (Wildman–Crippen MR) is 142 cm³/mol. The van der Waals surface area contributed by atoms with Crippen molar-refractivity contribution in [2.75, 3.05) is 48.7 Å². The summed E-state index contributed by atoms with van der Waals surface area (Å²) in [5.74, 6) is 0.522. The molecule has 0 spiro atoms. The van der Waals surface area contributed by atoms with Gasteiger partial charge < -0.3 is 27.0 Å². The van der Waals surface area contributed by atoms with Gasteiger partial charge in [0.2, 0.25) is 11.9 Å². The monoisotopic (exact) mass is 494 g/mol. The zero-order valence-electron chi connectivity index (χ0n) is 20.9. The Labute approximate surface area is 212 Å². The molecule has 1 aromatic carbocycles. The summed E-state index contributed by atoms with van der Waals surface area (Å²) < 4.78 is 0. The number of nitrogens with one attached hydrogen (secondary N) is 4. The van der Waals surface area contributed by atoms with Crippen LogP contribution in [0.25, 0.3) is 0 Å². The topological polar surface area (TPSA) is 137 Å². The minimum atomic E-state index is -0.545. The molecule has 2 bridgehead atoms. The Hall–Kier alpha value is -3.24. The van der Waals surface area contributed by atoms with Gasteiger partial charge in [-0.3, -0.25) is 14.5 Å². The van der Waals surface area contributed by atoms with Crippen molar-refractivity contribution in [1.29, 1.82) is 0 Å². The lowest BCUT2D eigenvalue weighted by molar-refractivity contribution is -0.122. The van der Waals surface area contributed by atoms with E-state index in [2.05, 4.69) is 48.3 Å². The number of fused-ring (bicyclic) bond motifs is 2. The van der Waals surface area contributed by atoms with Gasteiger partial charge in [0.05, 0.1) is 6.04 Å². The van der Waals surface area contributed by atoms with Crippen LogP contribution in [-0.2, 0) is 11.3 Å². The maximum Gasteiger partial charge on any atom is 0.260 e. The van der Waals surface area contributed by atoms with Gasteiger partial charge in [-0.25, -0.2) is 4.98 Å². The molecule has 2 amide bonds. The van der Waals surface area contributed by atoms with Crippen LogP contribution >= 0.6 is 0 Å². The van der Waals surface area contributed by atoms with E-state index in [9.17, 15) is 9.59 Å². The first-order chi connectivity index (χ1) is 17.6. The zero-order valence-corrected chi connectivity index (χ0v) is 20.9. The Kier molecular flexibility index (Phi) is 9.46. The van der Waals surface area contributed by atoms with Crippen LogP contribution in [0, 0.1) is 0 Å². The van der Waals surface area contributed by atoms with Crippen LogP contribution in [0.15, 0.2) is 30.5 Å². The van der Waals surface area contributed by atoms with Crippen LogP contribution in [0.4, 0.5) is 17.5 Å². The number of rotatable bonds is 4. The smallest absolute Gasteiger partial charge is 0.260 e. The van der Waals surface area contributed by atoms with Crippen molar-refractivity contribution in [3.63, 3.8) is 0 Å². The van der Waals surface area contributed by atoms with Crippen molar-refractivity contribution >= 4 is 29.3 Å². The molecule has 0 unspecified atom stereocenters. The van der Waals surface area contributed by atoms with Crippen LogP contribution in [0.5, 0.6) is 0 Å². The summed E-state index contributed by atoms with van der Waals surface area (Å²) in [7, 11) is 0. The zero-order chi connectivity index (χ0) is 25.2. The number of nitrogens with zero attached hydrogens (tertiary/aromatic N) is 3. The quantitative estimate of drug-likeness (QED) is 0.437. The molecule has 194 valence electrons. The number of likely N-dealkylation sites (tertiary alicyclic amines) is 1. The van der Waals surface area contributed by atoms with Gasteiger partial charge in [-0.15, -0.1) is 0 Å². The maximum absolute atomic E-state index is 13.1. The molecule has 2 aliphatic heterocycles. The fourth-order valence-electron chi connectivity index (χ4n) is 4.49. The third kappa shape index (κ3) is 7.63. The van der Waals surface area contributed by atoms with Gasteiger partial charge >= 0.3 is 0 Å². The number of hydrogen-bond donors (Lipinski definition) is 5. The molecule has 3 heterocycles. The lowest BCUT2D eigenvalue weighted by Gasteiger charge is -2.26. The highest BCUT2D eigenvalue weighted by Gasteiger charge is 2.17. The molecule has 1 atom stereocenters. The molecule has 2 aliphatic rings. The molecule has 1 aromatic heterocycles. The fraction of sp³-hybridized carbons (Fsp3) is 0.538. The van der Waals surface area contributed by atoms with Gasteiger partial charge in [0.25, 0.3) is 5.91 Å². The Bertz CT molecular complexity index is 1010. The second-order valence-corrected chi connectivity index (χ2v) is 9.54. The first-order valence-corrected chi connectivity index (χ1v) is 13.1. The lowest BCUT2D eigenvalue weighted by Crippen LogP contribution is -2.41. The average Bonchev–Trinajstić information content (AvgIpc) is 2.90. The molecule has 6 N–H and O–H groups in total. The highest BCUT2D eigenvalue weighted by atomic mass is 16.2. The number of piperidine rings is 1. The summed E-state index contributed by atoms with van der Waals surface area (Å²) in [5.41, 5.74) is 8.34. The molecule has 2 aromatic rings.